The van der Waals surface area contributed by atoms with E-state index in [1.54, 1.807) is 0 Å². The van der Waals surface area contributed by atoms with Gasteiger partial charge in [-0.3, -0.25) is 0 Å². The maximum atomic E-state index is 10.6. The van der Waals surface area contributed by atoms with Gasteiger partial charge < -0.3 is 26.0 Å². The molecule has 0 amide bonds. The molecule has 2 aromatic heterocycles. The third kappa shape index (κ3) is 5.10. The Kier molecular flexibility index (Phi) is 7.12. The molecule has 1 aliphatic rings. The Morgan fingerprint density at radius 2 is 1.74 bits per heavy atom. The van der Waals surface area contributed by atoms with Crippen molar-refractivity contribution in [1.82, 2.24) is 15.0 Å². The third-order valence-electron chi connectivity index (χ3n) is 6.27. The first-order chi connectivity index (χ1) is 17.0. The molecule has 4 aromatic rings. The first-order valence-corrected chi connectivity index (χ1v) is 12.7. The predicted octanol–water partition coefficient (Wildman–Crippen LogP) is 3.58. The zero-order valence-electron chi connectivity index (χ0n) is 18.8. The summed E-state index contributed by atoms with van der Waals surface area (Å²) in [7, 11) is 0. The standard InChI is InChI=1S/C25H26ClN5O3S/c26-22-19(24-29-16-8-4-5-9-18(16)35-24)23(28-17-12-15(13-32)20(33)21(17)34)31-25(30-22)27-11-10-14-6-2-1-3-7-14/h1-9,15,17,20-21,32-34H,10-13H2,(H2,27,28,30,31)/t15-,17-,20-,21+/m1/s1. The number of aromatic nitrogens is 3. The van der Waals surface area contributed by atoms with E-state index < -0.39 is 24.2 Å². The lowest BCUT2D eigenvalue weighted by atomic mass is 10.1. The van der Waals surface area contributed by atoms with E-state index in [9.17, 15) is 15.3 Å². The quantitative estimate of drug-likeness (QED) is 0.227. The van der Waals surface area contributed by atoms with Gasteiger partial charge in [-0.1, -0.05) is 54.1 Å². The monoisotopic (exact) mass is 511 g/mol. The zero-order valence-corrected chi connectivity index (χ0v) is 20.4. The van der Waals surface area contributed by atoms with E-state index in [-0.39, 0.29) is 11.8 Å². The molecule has 182 valence electrons. The normalized spacial score (nSPS) is 21.9. The molecule has 10 heteroatoms. The maximum absolute atomic E-state index is 10.6. The summed E-state index contributed by atoms with van der Waals surface area (Å²) in [5.74, 6) is 0.348. The van der Waals surface area contributed by atoms with Gasteiger partial charge in [0, 0.05) is 19.1 Å². The van der Waals surface area contributed by atoms with E-state index in [1.807, 2.05) is 42.5 Å². The van der Waals surface area contributed by atoms with Crippen molar-refractivity contribution in [3.8, 4) is 10.6 Å². The molecule has 2 aromatic carbocycles. The number of aliphatic hydroxyl groups is 3. The van der Waals surface area contributed by atoms with Gasteiger partial charge in [0.15, 0.2) is 0 Å². The van der Waals surface area contributed by atoms with Crippen LogP contribution in [0.3, 0.4) is 0 Å². The van der Waals surface area contributed by atoms with Gasteiger partial charge in [-0.2, -0.15) is 4.98 Å². The minimum atomic E-state index is -1.06. The van der Waals surface area contributed by atoms with E-state index in [0.29, 0.717) is 35.3 Å². The Bertz CT molecular complexity index is 1270. The highest BCUT2D eigenvalue weighted by molar-refractivity contribution is 7.21. The van der Waals surface area contributed by atoms with Crippen molar-refractivity contribution in [3.63, 3.8) is 0 Å². The fourth-order valence-corrected chi connectivity index (χ4v) is 5.70. The molecule has 8 nitrogen and oxygen atoms in total. The summed E-state index contributed by atoms with van der Waals surface area (Å²) in [4.78, 5) is 13.9. The van der Waals surface area contributed by atoms with Crippen LogP contribution < -0.4 is 10.6 Å². The van der Waals surface area contributed by atoms with Crippen molar-refractivity contribution in [3.05, 3.63) is 65.3 Å². The maximum Gasteiger partial charge on any atom is 0.226 e. The van der Waals surface area contributed by atoms with Gasteiger partial charge in [-0.15, -0.1) is 11.3 Å². The minimum absolute atomic E-state index is 0.210. The molecule has 0 bridgehead atoms. The molecule has 1 aliphatic carbocycles. The van der Waals surface area contributed by atoms with Crippen molar-refractivity contribution in [2.45, 2.75) is 31.1 Å². The summed E-state index contributed by atoms with van der Waals surface area (Å²) in [6.45, 7) is 0.398. The number of halogens is 1. The summed E-state index contributed by atoms with van der Waals surface area (Å²) >= 11 is 8.16. The van der Waals surface area contributed by atoms with Crippen LogP contribution >= 0.6 is 22.9 Å². The van der Waals surface area contributed by atoms with Crippen LogP contribution in [0.1, 0.15) is 12.0 Å². The van der Waals surface area contributed by atoms with Gasteiger partial charge in [-0.25, -0.2) is 9.97 Å². The van der Waals surface area contributed by atoms with Crippen LogP contribution in [0.2, 0.25) is 5.15 Å². The van der Waals surface area contributed by atoms with E-state index in [2.05, 4.69) is 32.7 Å². The lowest BCUT2D eigenvalue weighted by Crippen LogP contribution is -2.35. The van der Waals surface area contributed by atoms with Crippen LogP contribution in [0.15, 0.2) is 54.6 Å². The van der Waals surface area contributed by atoms with E-state index in [4.69, 9.17) is 16.6 Å². The number of nitrogens with one attached hydrogen (secondary N) is 2. The Morgan fingerprint density at radius 1 is 0.971 bits per heavy atom. The van der Waals surface area contributed by atoms with Crippen molar-refractivity contribution in [2.24, 2.45) is 5.92 Å². The average Bonchev–Trinajstić information content (AvgIpc) is 3.40. The number of hydrogen-bond donors (Lipinski definition) is 5. The minimum Gasteiger partial charge on any atom is -0.396 e. The van der Waals surface area contributed by atoms with Crippen LogP contribution in [-0.2, 0) is 6.42 Å². The van der Waals surface area contributed by atoms with Gasteiger partial charge in [0.1, 0.15) is 22.1 Å². The molecular formula is C25H26ClN5O3S. The number of hydrogen-bond acceptors (Lipinski definition) is 9. The van der Waals surface area contributed by atoms with E-state index in [0.717, 1.165) is 16.6 Å². The molecule has 0 radical (unpaired) electrons. The fourth-order valence-electron chi connectivity index (χ4n) is 4.37. The second-order valence-corrected chi connectivity index (χ2v) is 10.0. The van der Waals surface area contributed by atoms with E-state index >= 15 is 0 Å². The third-order valence-corrected chi connectivity index (χ3v) is 7.60. The number of anilines is 2. The smallest absolute Gasteiger partial charge is 0.226 e. The summed E-state index contributed by atoms with van der Waals surface area (Å²) in [6, 6.07) is 17.4. The molecule has 0 spiro atoms. The average molecular weight is 512 g/mol. The zero-order chi connectivity index (χ0) is 24.4. The van der Waals surface area contributed by atoms with Gasteiger partial charge >= 0.3 is 0 Å². The molecule has 0 aliphatic heterocycles. The number of nitrogens with zero attached hydrogens (tertiary/aromatic N) is 3. The Hall–Kier alpha value is -2.82. The van der Waals surface area contributed by atoms with E-state index in [1.165, 1.54) is 16.9 Å². The van der Waals surface area contributed by atoms with Gasteiger partial charge in [-0.05, 0) is 30.5 Å². The molecule has 5 N–H and O–H groups in total. The predicted molar refractivity (Wildman–Crippen MR) is 139 cm³/mol. The summed E-state index contributed by atoms with van der Waals surface area (Å²) in [5, 5.41) is 37.8. The van der Waals surface area contributed by atoms with Crippen molar-refractivity contribution in [1.29, 1.82) is 0 Å². The van der Waals surface area contributed by atoms with Crippen LogP contribution in [0.4, 0.5) is 11.8 Å². The molecule has 0 unspecified atom stereocenters. The van der Waals surface area contributed by atoms with Crippen LogP contribution in [0.5, 0.6) is 0 Å². The second kappa shape index (κ2) is 10.4. The van der Waals surface area contributed by atoms with Crippen LogP contribution in [0.25, 0.3) is 20.8 Å². The molecule has 5 rings (SSSR count). The molecular weight excluding hydrogens is 486 g/mol. The van der Waals surface area contributed by atoms with Crippen LogP contribution in [-0.4, -0.2) is 61.7 Å². The number of para-hydroxylation sites is 1. The second-order valence-electron chi connectivity index (χ2n) is 8.62. The lowest BCUT2D eigenvalue weighted by Gasteiger charge is -2.21. The fraction of sp³-hybridized carbons (Fsp3) is 0.320. The topological polar surface area (TPSA) is 123 Å². The first-order valence-electron chi connectivity index (χ1n) is 11.5. The van der Waals surface area contributed by atoms with Gasteiger partial charge in [0.25, 0.3) is 0 Å². The Labute approximate surface area is 211 Å². The van der Waals surface area contributed by atoms with Crippen LogP contribution in [0, 0.1) is 5.92 Å². The van der Waals surface area contributed by atoms with Gasteiger partial charge in [0.2, 0.25) is 5.95 Å². The molecule has 35 heavy (non-hydrogen) atoms. The van der Waals surface area contributed by atoms with Crippen molar-refractivity contribution >= 4 is 44.9 Å². The Morgan fingerprint density at radius 3 is 2.49 bits per heavy atom. The van der Waals surface area contributed by atoms with Crippen molar-refractivity contribution < 1.29 is 15.3 Å². The van der Waals surface area contributed by atoms with Gasteiger partial charge in [0.05, 0.1) is 27.9 Å². The highest BCUT2D eigenvalue weighted by Crippen LogP contribution is 2.39. The number of benzene rings is 2. The number of rotatable bonds is 8. The number of fused-ring (bicyclic) bond motifs is 1. The van der Waals surface area contributed by atoms with Crippen molar-refractivity contribution in [2.75, 3.05) is 23.8 Å². The summed E-state index contributed by atoms with van der Waals surface area (Å²) in [5.41, 5.74) is 2.57. The first kappa shape index (κ1) is 23.9. The summed E-state index contributed by atoms with van der Waals surface area (Å²) in [6.07, 6.45) is -0.908. The summed E-state index contributed by atoms with van der Waals surface area (Å²) < 4.78 is 1.01. The number of thiazole rings is 1. The molecule has 2 heterocycles. The lowest BCUT2D eigenvalue weighted by molar-refractivity contribution is 0.00446. The molecule has 0 saturated heterocycles. The largest absolute Gasteiger partial charge is 0.396 e. The number of aliphatic hydroxyl groups excluding tert-OH is 3. The molecule has 4 atom stereocenters. The SMILES string of the molecule is OC[C@H]1C[C@@H](Nc2nc(NCCc3ccccc3)nc(Cl)c2-c2nc3ccccc3s2)[C@H](O)[C@@H]1O. The highest BCUT2D eigenvalue weighted by atomic mass is 35.5. The Balaban J connectivity index is 1.46. The molecule has 1 saturated carbocycles. The molecule has 1 fully saturated rings. The highest BCUT2D eigenvalue weighted by Gasteiger charge is 2.41.